The van der Waals surface area contributed by atoms with Crippen molar-refractivity contribution in [3.8, 4) is 0 Å². The highest BCUT2D eigenvalue weighted by Crippen LogP contribution is 2.04. The summed E-state index contributed by atoms with van der Waals surface area (Å²) < 4.78 is 5.10. The number of rotatable bonds is 11. The predicted octanol–water partition coefficient (Wildman–Crippen LogP) is 0.0249. The van der Waals surface area contributed by atoms with E-state index in [1.165, 1.54) is 6.33 Å². The summed E-state index contributed by atoms with van der Waals surface area (Å²) in [6, 6.07) is 9.22. The molecule has 0 aliphatic carbocycles. The van der Waals surface area contributed by atoms with E-state index in [0.29, 0.717) is 6.54 Å². The fourth-order valence-electron chi connectivity index (χ4n) is 2.43. The molecule has 1 heterocycles. The van der Waals surface area contributed by atoms with Crippen molar-refractivity contribution in [2.45, 2.75) is 25.9 Å². The fourth-order valence-corrected chi connectivity index (χ4v) is 2.43. The third-order valence-electron chi connectivity index (χ3n) is 3.93. The summed E-state index contributed by atoms with van der Waals surface area (Å²) in [5.41, 5.74) is 4.62. The lowest BCUT2D eigenvalue weighted by Crippen LogP contribution is -2.50. The maximum Gasteiger partial charge on any atom is 0.325 e. The standard InChI is InChI=1S/C19H25N5O4/c20-9-5-2-6-10-21-18(26)16-17(24-13-23-16)19(27)22-11-15(25)28-12-14-7-3-1-4-8-14/h1,3-4,7-8,13H,2,5-6,9-12,20H2,(H,21,26)(H,22,27)(H,23,24)/p+1. The number of nitrogens with one attached hydrogen (secondary N) is 3. The molecule has 0 fully saturated rings. The van der Waals surface area contributed by atoms with Gasteiger partial charge in [-0.2, -0.15) is 0 Å². The molecular weight excluding hydrogens is 362 g/mol. The summed E-state index contributed by atoms with van der Waals surface area (Å²) in [5.74, 6) is -1.61. The van der Waals surface area contributed by atoms with Crippen LogP contribution in [0.1, 0.15) is 45.8 Å². The minimum absolute atomic E-state index is 0.00566. The Morgan fingerprint density at radius 2 is 1.82 bits per heavy atom. The van der Waals surface area contributed by atoms with E-state index in [1.807, 2.05) is 30.3 Å². The number of carbonyl (C=O) groups is 3. The molecule has 2 rings (SSSR count). The molecule has 0 radical (unpaired) electrons. The Morgan fingerprint density at radius 3 is 2.57 bits per heavy atom. The maximum absolute atomic E-state index is 12.2. The van der Waals surface area contributed by atoms with Crippen molar-refractivity contribution in [1.29, 1.82) is 0 Å². The van der Waals surface area contributed by atoms with Gasteiger partial charge in [-0.15, -0.1) is 0 Å². The smallest absolute Gasteiger partial charge is 0.325 e. The lowest BCUT2D eigenvalue weighted by Gasteiger charge is -2.07. The molecule has 1 aromatic carbocycles. The molecule has 150 valence electrons. The Morgan fingerprint density at radius 1 is 1.04 bits per heavy atom. The predicted molar refractivity (Wildman–Crippen MR) is 101 cm³/mol. The lowest BCUT2D eigenvalue weighted by atomic mass is 10.2. The van der Waals surface area contributed by atoms with Crippen LogP contribution in [0.15, 0.2) is 36.7 Å². The van der Waals surface area contributed by atoms with Gasteiger partial charge in [-0.3, -0.25) is 14.4 Å². The number of imidazole rings is 1. The molecule has 0 saturated heterocycles. The van der Waals surface area contributed by atoms with Gasteiger partial charge in [0.2, 0.25) is 0 Å². The summed E-state index contributed by atoms with van der Waals surface area (Å²) in [6.07, 6.45) is 4.08. The molecule has 1 aromatic heterocycles. The van der Waals surface area contributed by atoms with Crippen LogP contribution in [0.4, 0.5) is 0 Å². The number of quaternary nitrogens is 1. The van der Waals surface area contributed by atoms with Crippen LogP contribution in [0, 0.1) is 0 Å². The molecule has 0 atom stereocenters. The van der Waals surface area contributed by atoms with E-state index < -0.39 is 17.8 Å². The second-order valence-electron chi connectivity index (χ2n) is 6.13. The van der Waals surface area contributed by atoms with Crippen LogP contribution in [0.5, 0.6) is 0 Å². The quantitative estimate of drug-likeness (QED) is 0.317. The largest absolute Gasteiger partial charge is 0.460 e. The van der Waals surface area contributed by atoms with Crippen molar-refractivity contribution in [3.05, 3.63) is 53.6 Å². The molecule has 9 nitrogen and oxygen atoms in total. The van der Waals surface area contributed by atoms with Crippen LogP contribution in [-0.4, -0.2) is 47.4 Å². The molecule has 0 aliphatic heterocycles. The first-order valence-corrected chi connectivity index (χ1v) is 9.20. The van der Waals surface area contributed by atoms with Crippen molar-refractivity contribution in [1.82, 2.24) is 20.6 Å². The number of carbonyl (C=O) groups excluding carboxylic acids is 3. The number of unbranched alkanes of at least 4 members (excludes halogenated alkanes) is 2. The second kappa shape index (κ2) is 11.5. The first-order chi connectivity index (χ1) is 13.6. The monoisotopic (exact) mass is 388 g/mol. The van der Waals surface area contributed by atoms with Gasteiger partial charge in [-0.05, 0) is 24.8 Å². The number of esters is 1. The number of nitrogens with zero attached hydrogens (tertiary/aromatic N) is 1. The lowest BCUT2D eigenvalue weighted by molar-refractivity contribution is -0.368. The highest BCUT2D eigenvalue weighted by molar-refractivity contribution is 6.05. The number of benzene rings is 1. The van der Waals surface area contributed by atoms with Crippen molar-refractivity contribution in [2.24, 2.45) is 0 Å². The Labute approximate surface area is 163 Å². The third-order valence-corrected chi connectivity index (χ3v) is 3.93. The van der Waals surface area contributed by atoms with E-state index in [1.54, 1.807) is 0 Å². The molecule has 6 N–H and O–H groups in total. The number of aromatic nitrogens is 2. The van der Waals surface area contributed by atoms with Crippen LogP contribution in [0.2, 0.25) is 0 Å². The van der Waals surface area contributed by atoms with Gasteiger partial charge in [0.05, 0.1) is 12.9 Å². The van der Waals surface area contributed by atoms with Crippen LogP contribution in [-0.2, 0) is 16.1 Å². The minimum Gasteiger partial charge on any atom is -0.460 e. The van der Waals surface area contributed by atoms with E-state index >= 15 is 0 Å². The normalized spacial score (nSPS) is 10.3. The summed E-state index contributed by atoms with van der Waals surface area (Å²) in [6.45, 7) is 1.18. The van der Waals surface area contributed by atoms with Gasteiger partial charge in [0.1, 0.15) is 18.8 Å². The van der Waals surface area contributed by atoms with Gasteiger partial charge in [-0.1, -0.05) is 30.3 Å². The van der Waals surface area contributed by atoms with Gasteiger partial charge in [0, 0.05) is 6.54 Å². The molecule has 0 unspecified atom stereocenters. The Bertz CT molecular complexity index is 776. The second-order valence-corrected chi connectivity index (χ2v) is 6.13. The molecule has 0 saturated carbocycles. The van der Waals surface area contributed by atoms with Crippen LogP contribution in [0.3, 0.4) is 0 Å². The minimum atomic E-state index is -0.601. The summed E-state index contributed by atoms with van der Waals surface area (Å²) in [5, 5.41) is 5.16. The molecule has 28 heavy (non-hydrogen) atoms. The summed E-state index contributed by atoms with van der Waals surface area (Å²) >= 11 is 0. The molecule has 0 aliphatic rings. The molecular formula is C19H26N5O4+. The van der Waals surface area contributed by atoms with Crippen LogP contribution < -0.4 is 16.4 Å². The van der Waals surface area contributed by atoms with Crippen molar-refractivity contribution < 1.29 is 24.9 Å². The van der Waals surface area contributed by atoms with E-state index in [0.717, 1.165) is 31.4 Å². The van der Waals surface area contributed by atoms with E-state index in [2.05, 4.69) is 26.3 Å². The Hall–Kier alpha value is -3.20. The summed E-state index contributed by atoms with van der Waals surface area (Å²) in [4.78, 5) is 42.8. The van der Waals surface area contributed by atoms with Crippen LogP contribution >= 0.6 is 0 Å². The average molecular weight is 388 g/mol. The first kappa shape index (κ1) is 21.1. The number of hydrogen-bond acceptors (Lipinski definition) is 5. The topological polar surface area (TPSA) is 141 Å². The SMILES string of the molecule is [NH3+]CCCCCNC(=O)c1nc[nH]c1C(=O)NCC(=O)OCc1ccccc1. The van der Waals surface area contributed by atoms with E-state index in [9.17, 15) is 14.4 Å². The van der Waals surface area contributed by atoms with Gasteiger partial charge in [0.15, 0.2) is 5.69 Å². The van der Waals surface area contributed by atoms with Crippen molar-refractivity contribution in [2.75, 3.05) is 19.6 Å². The van der Waals surface area contributed by atoms with Crippen LogP contribution in [0.25, 0.3) is 0 Å². The Balaban J connectivity index is 1.77. The molecule has 2 amide bonds. The van der Waals surface area contributed by atoms with Gasteiger partial charge in [-0.25, -0.2) is 4.98 Å². The van der Waals surface area contributed by atoms with E-state index in [-0.39, 0.29) is 24.5 Å². The fraction of sp³-hybridized carbons (Fsp3) is 0.368. The molecule has 0 bridgehead atoms. The maximum atomic E-state index is 12.2. The van der Waals surface area contributed by atoms with E-state index in [4.69, 9.17) is 4.74 Å². The highest BCUT2D eigenvalue weighted by Gasteiger charge is 2.20. The van der Waals surface area contributed by atoms with Crippen molar-refractivity contribution >= 4 is 17.8 Å². The number of hydrogen-bond donors (Lipinski definition) is 4. The molecule has 0 spiro atoms. The number of amides is 2. The molecule has 2 aromatic rings. The summed E-state index contributed by atoms with van der Waals surface area (Å²) in [7, 11) is 0. The zero-order chi connectivity index (χ0) is 20.2. The highest BCUT2D eigenvalue weighted by atomic mass is 16.5. The number of H-pyrrole nitrogens is 1. The average Bonchev–Trinajstić information content (AvgIpc) is 3.21. The Kier molecular flexibility index (Phi) is 8.67. The third kappa shape index (κ3) is 6.84. The number of aromatic amines is 1. The van der Waals surface area contributed by atoms with Gasteiger partial charge >= 0.3 is 5.97 Å². The molecule has 9 heteroatoms. The van der Waals surface area contributed by atoms with Gasteiger partial charge < -0.3 is 26.1 Å². The van der Waals surface area contributed by atoms with Crippen molar-refractivity contribution in [3.63, 3.8) is 0 Å². The number of ether oxygens (including phenoxy) is 1. The zero-order valence-corrected chi connectivity index (χ0v) is 15.7. The van der Waals surface area contributed by atoms with Gasteiger partial charge in [0.25, 0.3) is 11.8 Å². The first-order valence-electron chi connectivity index (χ1n) is 9.20. The zero-order valence-electron chi connectivity index (χ0n) is 15.7.